The molecule has 0 spiro atoms. The molecule has 0 aromatic carbocycles. The Hall–Kier alpha value is -1.42. The van der Waals surface area contributed by atoms with E-state index in [0.717, 1.165) is 18.5 Å². The maximum Gasteiger partial charge on any atom is 0.227 e. The van der Waals surface area contributed by atoms with E-state index in [2.05, 4.69) is 4.98 Å². The standard InChI is InChI=1S/C11H15N3O/c12-10-3-5-14(8-10)11(15)6-9-2-1-4-13-7-9/h1-2,4,7,10H,3,5-6,8,12H2. The highest BCUT2D eigenvalue weighted by molar-refractivity contribution is 5.79. The van der Waals surface area contributed by atoms with Crippen LogP contribution in [0.1, 0.15) is 12.0 Å². The summed E-state index contributed by atoms with van der Waals surface area (Å²) in [5.74, 6) is 0.149. The number of aromatic nitrogens is 1. The third-order valence-electron chi connectivity index (χ3n) is 2.66. The predicted molar refractivity (Wildman–Crippen MR) is 57.1 cm³/mol. The number of likely N-dealkylation sites (tertiary alicyclic amines) is 1. The molecular formula is C11H15N3O. The van der Waals surface area contributed by atoms with Gasteiger partial charge in [0.2, 0.25) is 5.91 Å². The average molecular weight is 205 g/mol. The zero-order chi connectivity index (χ0) is 10.7. The van der Waals surface area contributed by atoms with E-state index in [0.29, 0.717) is 13.0 Å². The zero-order valence-corrected chi connectivity index (χ0v) is 8.60. The second kappa shape index (κ2) is 4.40. The molecule has 4 nitrogen and oxygen atoms in total. The SMILES string of the molecule is NC1CCN(C(=O)Cc2cccnc2)C1. The Kier molecular flexibility index (Phi) is 2.97. The van der Waals surface area contributed by atoms with Crippen molar-refractivity contribution in [2.75, 3.05) is 13.1 Å². The van der Waals surface area contributed by atoms with E-state index in [-0.39, 0.29) is 11.9 Å². The topological polar surface area (TPSA) is 59.2 Å². The van der Waals surface area contributed by atoms with Crippen LogP contribution in [0, 0.1) is 0 Å². The van der Waals surface area contributed by atoms with Crippen molar-refractivity contribution >= 4 is 5.91 Å². The van der Waals surface area contributed by atoms with Crippen molar-refractivity contribution in [1.82, 2.24) is 9.88 Å². The summed E-state index contributed by atoms with van der Waals surface area (Å²) in [5.41, 5.74) is 6.71. The smallest absolute Gasteiger partial charge is 0.227 e. The van der Waals surface area contributed by atoms with Crippen LogP contribution < -0.4 is 5.73 Å². The lowest BCUT2D eigenvalue weighted by atomic mass is 10.2. The van der Waals surface area contributed by atoms with Crippen LogP contribution in [0.15, 0.2) is 24.5 Å². The van der Waals surface area contributed by atoms with E-state index < -0.39 is 0 Å². The lowest BCUT2D eigenvalue weighted by molar-refractivity contribution is -0.129. The van der Waals surface area contributed by atoms with Gasteiger partial charge >= 0.3 is 0 Å². The van der Waals surface area contributed by atoms with Gasteiger partial charge in [0.15, 0.2) is 0 Å². The molecule has 0 saturated carbocycles. The number of amides is 1. The maximum atomic E-state index is 11.8. The minimum absolute atomic E-state index is 0.149. The lowest BCUT2D eigenvalue weighted by Gasteiger charge is -2.15. The number of nitrogens with zero attached hydrogens (tertiary/aromatic N) is 2. The first-order chi connectivity index (χ1) is 7.25. The highest BCUT2D eigenvalue weighted by Crippen LogP contribution is 2.09. The molecule has 1 saturated heterocycles. The first-order valence-corrected chi connectivity index (χ1v) is 5.18. The number of carbonyl (C=O) groups is 1. The molecule has 1 atom stereocenters. The van der Waals surface area contributed by atoms with E-state index in [9.17, 15) is 4.79 Å². The summed E-state index contributed by atoms with van der Waals surface area (Å²) < 4.78 is 0. The molecule has 0 bridgehead atoms. The molecule has 1 aliphatic rings. The quantitative estimate of drug-likeness (QED) is 0.749. The van der Waals surface area contributed by atoms with Crippen LogP contribution in [-0.4, -0.2) is 34.9 Å². The van der Waals surface area contributed by atoms with E-state index in [4.69, 9.17) is 5.73 Å². The Morgan fingerprint density at radius 2 is 2.53 bits per heavy atom. The van der Waals surface area contributed by atoms with E-state index in [1.165, 1.54) is 0 Å². The first-order valence-electron chi connectivity index (χ1n) is 5.18. The number of hydrogen-bond acceptors (Lipinski definition) is 3. The van der Waals surface area contributed by atoms with E-state index in [1.807, 2.05) is 17.0 Å². The minimum atomic E-state index is 0.149. The molecule has 1 aliphatic heterocycles. The van der Waals surface area contributed by atoms with Gasteiger partial charge in [0.1, 0.15) is 0 Å². The maximum absolute atomic E-state index is 11.8. The average Bonchev–Trinajstić information content (AvgIpc) is 2.66. The molecule has 1 unspecified atom stereocenters. The molecule has 15 heavy (non-hydrogen) atoms. The van der Waals surface area contributed by atoms with Crippen LogP contribution in [0.25, 0.3) is 0 Å². The van der Waals surface area contributed by atoms with Gasteiger partial charge in [0.25, 0.3) is 0 Å². The van der Waals surface area contributed by atoms with Crippen LogP contribution in [0.4, 0.5) is 0 Å². The largest absolute Gasteiger partial charge is 0.341 e. The predicted octanol–water partition coefficient (Wildman–Crippen LogP) is 0.184. The summed E-state index contributed by atoms with van der Waals surface area (Å²) in [6.45, 7) is 1.49. The zero-order valence-electron chi connectivity index (χ0n) is 8.60. The second-order valence-electron chi connectivity index (χ2n) is 3.93. The van der Waals surface area contributed by atoms with Crippen LogP contribution >= 0.6 is 0 Å². The third kappa shape index (κ3) is 2.53. The van der Waals surface area contributed by atoms with E-state index in [1.54, 1.807) is 12.4 Å². The number of nitrogens with two attached hydrogens (primary N) is 1. The fraction of sp³-hybridized carbons (Fsp3) is 0.455. The Morgan fingerprint density at radius 3 is 3.13 bits per heavy atom. The monoisotopic (exact) mass is 205 g/mol. The summed E-state index contributed by atoms with van der Waals surface area (Å²) >= 11 is 0. The molecule has 2 rings (SSSR count). The van der Waals surface area contributed by atoms with Crippen molar-refractivity contribution < 1.29 is 4.79 Å². The molecule has 1 aromatic rings. The molecule has 2 heterocycles. The van der Waals surface area contributed by atoms with Crippen LogP contribution in [0.5, 0.6) is 0 Å². The van der Waals surface area contributed by atoms with Crippen molar-refractivity contribution in [3.8, 4) is 0 Å². The molecule has 0 aliphatic carbocycles. The van der Waals surface area contributed by atoms with Crippen molar-refractivity contribution in [3.05, 3.63) is 30.1 Å². The second-order valence-corrected chi connectivity index (χ2v) is 3.93. The van der Waals surface area contributed by atoms with Crippen LogP contribution in [0.3, 0.4) is 0 Å². The molecule has 80 valence electrons. The molecule has 2 N–H and O–H groups in total. The van der Waals surface area contributed by atoms with Gasteiger partial charge in [-0.25, -0.2) is 0 Å². The summed E-state index contributed by atoms with van der Waals surface area (Å²) in [6.07, 6.45) is 4.78. The first kappa shape index (κ1) is 10.1. The fourth-order valence-corrected chi connectivity index (χ4v) is 1.80. The Bertz CT molecular complexity index is 339. The third-order valence-corrected chi connectivity index (χ3v) is 2.66. The molecule has 4 heteroatoms. The van der Waals surface area contributed by atoms with Gasteiger partial charge in [-0.05, 0) is 18.1 Å². The minimum Gasteiger partial charge on any atom is -0.341 e. The summed E-state index contributed by atoms with van der Waals surface area (Å²) in [7, 11) is 0. The molecule has 1 amide bonds. The van der Waals surface area contributed by atoms with Gasteiger partial charge < -0.3 is 10.6 Å². The van der Waals surface area contributed by atoms with Crippen molar-refractivity contribution in [3.63, 3.8) is 0 Å². The summed E-state index contributed by atoms with van der Waals surface area (Å²) in [5, 5.41) is 0. The lowest BCUT2D eigenvalue weighted by Crippen LogP contribution is -2.32. The number of carbonyl (C=O) groups excluding carboxylic acids is 1. The van der Waals surface area contributed by atoms with Gasteiger partial charge in [-0.15, -0.1) is 0 Å². The fourth-order valence-electron chi connectivity index (χ4n) is 1.80. The number of pyridine rings is 1. The number of hydrogen-bond donors (Lipinski definition) is 1. The normalized spacial score (nSPS) is 20.6. The Balaban J connectivity index is 1.93. The highest BCUT2D eigenvalue weighted by atomic mass is 16.2. The molecule has 0 radical (unpaired) electrons. The van der Waals surface area contributed by atoms with Gasteiger partial charge in [-0.2, -0.15) is 0 Å². The summed E-state index contributed by atoms with van der Waals surface area (Å²) in [6, 6.07) is 3.92. The van der Waals surface area contributed by atoms with Gasteiger partial charge in [-0.1, -0.05) is 6.07 Å². The van der Waals surface area contributed by atoms with Crippen molar-refractivity contribution in [2.24, 2.45) is 5.73 Å². The Labute approximate surface area is 89.1 Å². The molecule has 1 fully saturated rings. The van der Waals surface area contributed by atoms with Crippen LogP contribution in [0.2, 0.25) is 0 Å². The molecular weight excluding hydrogens is 190 g/mol. The van der Waals surface area contributed by atoms with Crippen molar-refractivity contribution in [2.45, 2.75) is 18.9 Å². The molecule has 1 aromatic heterocycles. The van der Waals surface area contributed by atoms with Crippen molar-refractivity contribution in [1.29, 1.82) is 0 Å². The highest BCUT2D eigenvalue weighted by Gasteiger charge is 2.23. The summed E-state index contributed by atoms with van der Waals surface area (Å²) in [4.78, 5) is 17.6. The van der Waals surface area contributed by atoms with Gasteiger partial charge in [-0.3, -0.25) is 9.78 Å². The van der Waals surface area contributed by atoms with Gasteiger partial charge in [0, 0.05) is 31.5 Å². The van der Waals surface area contributed by atoms with E-state index >= 15 is 0 Å². The van der Waals surface area contributed by atoms with Gasteiger partial charge in [0.05, 0.1) is 6.42 Å². The van der Waals surface area contributed by atoms with Crippen LogP contribution in [-0.2, 0) is 11.2 Å². The Morgan fingerprint density at radius 1 is 1.67 bits per heavy atom. The number of rotatable bonds is 2.